The second kappa shape index (κ2) is 16.7. The summed E-state index contributed by atoms with van der Waals surface area (Å²) in [5.74, 6) is -2.16. The van der Waals surface area contributed by atoms with Crippen molar-refractivity contribution in [2.75, 3.05) is 0 Å². The highest BCUT2D eigenvalue weighted by molar-refractivity contribution is 6.03. The minimum atomic E-state index is -1.15. The largest absolute Gasteiger partial charge is 0.478 e. The molecule has 0 saturated heterocycles. The van der Waals surface area contributed by atoms with Crippen molar-refractivity contribution in [3.8, 4) is 0 Å². The molecule has 32 heavy (non-hydrogen) atoms. The van der Waals surface area contributed by atoms with Gasteiger partial charge in [-0.3, -0.25) is 0 Å². The Kier molecular flexibility index (Phi) is 14.8. The quantitative estimate of drug-likeness (QED) is 0.209. The molecule has 0 bridgehead atoms. The van der Waals surface area contributed by atoms with Gasteiger partial charge in [-0.05, 0) is 48.8 Å². The predicted octanol–water partition coefficient (Wildman–Crippen LogP) is 8.62. The first-order valence-electron chi connectivity index (χ1n) is 13.1. The summed E-state index contributed by atoms with van der Waals surface area (Å²) in [5.41, 5.74) is 1.78. The van der Waals surface area contributed by atoms with Crippen LogP contribution < -0.4 is 0 Å². The molecule has 0 fully saturated rings. The van der Waals surface area contributed by atoms with Crippen molar-refractivity contribution < 1.29 is 19.8 Å². The molecule has 0 saturated carbocycles. The lowest BCUT2D eigenvalue weighted by Crippen LogP contribution is -2.16. The van der Waals surface area contributed by atoms with Crippen LogP contribution in [0.3, 0.4) is 0 Å². The molecular formula is C28H46O4. The van der Waals surface area contributed by atoms with Crippen LogP contribution in [0.1, 0.15) is 155 Å². The standard InChI is InChI=1S/C28H46O4/c1-4-7-9-11-12-13-15-17-19-23-20-21-24(27(29)30)26(28(31)32)25(23)22(6-3)18-16-14-10-8-5-2/h20-22H,4-19H2,1-3H3,(H,29,30)(H,31,32). The average molecular weight is 447 g/mol. The normalized spacial score (nSPS) is 12.1. The third-order valence-electron chi connectivity index (χ3n) is 6.64. The van der Waals surface area contributed by atoms with Crippen molar-refractivity contribution in [1.29, 1.82) is 0 Å². The summed E-state index contributed by atoms with van der Waals surface area (Å²) in [6, 6.07) is 3.38. The first kappa shape index (κ1) is 28.2. The third-order valence-corrected chi connectivity index (χ3v) is 6.64. The number of benzene rings is 1. The van der Waals surface area contributed by atoms with Crippen molar-refractivity contribution in [2.24, 2.45) is 0 Å². The van der Waals surface area contributed by atoms with Crippen LogP contribution in [0.4, 0.5) is 0 Å². The molecule has 1 rings (SSSR count). The molecule has 0 amide bonds. The van der Waals surface area contributed by atoms with Crippen LogP contribution in [0, 0.1) is 0 Å². The molecule has 182 valence electrons. The van der Waals surface area contributed by atoms with Crippen LogP contribution in [-0.4, -0.2) is 22.2 Å². The zero-order valence-electron chi connectivity index (χ0n) is 20.8. The number of carboxylic acid groups (broad SMARTS) is 2. The molecule has 0 heterocycles. The number of unbranched alkanes of at least 4 members (excludes halogenated alkanes) is 11. The lowest BCUT2D eigenvalue weighted by atomic mass is 9.81. The van der Waals surface area contributed by atoms with E-state index in [1.807, 2.05) is 6.07 Å². The van der Waals surface area contributed by atoms with Gasteiger partial charge >= 0.3 is 11.9 Å². The molecule has 1 atom stereocenters. The van der Waals surface area contributed by atoms with Gasteiger partial charge in [0.05, 0.1) is 11.1 Å². The van der Waals surface area contributed by atoms with Gasteiger partial charge in [0, 0.05) is 0 Å². The number of carboxylic acids is 2. The first-order chi connectivity index (χ1) is 15.5. The van der Waals surface area contributed by atoms with Crippen LogP contribution >= 0.6 is 0 Å². The number of rotatable bonds is 19. The summed E-state index contributed by atoms with van der Waals surface area (Å²) in [4.78, 5) is 23.9. The van der Waals surface area contributed by atoms with Crippen LogP contribution in [0.2, 0.25) is 0 Å². The van der Waals surface area contributed by atoms with Gasteiger partial charge in [0.2, 0.25) is 0 Å². The summed E-state index contributed by atoms with van der Waals surface area (Å²) in [5, 5.41) is 19.6. The zero-order chi connectivity index (χ0) is 23.8. The maximum atomic E-state index is 12.2. The summed E-state index contributed by atoms with van der Waals surface area (Å²) in [6.07, 6.45) is 18.3. The van der Waals surface area contributed by atoms with Crippen LogP contribution in [0.15, 0.2) is 12.1 Å². The van der Waals surface area contributed by atoms with Gasteiger partial charge in [0.1, 0.15) is 0 Å². The molecule has 0 aliphatic carbocycles. The van der Waals surface area contributed by atoms with Gasteiger partial charge < -0.3 is 10.2 Å². The Bertz CT molecular complexity index is 680. The smallest absolute Gasteiger partial charge is 0.336 e. The van der Waals surface area contributed by atoms with Crippen molar-refractivity contribution in [2.45, 2.75) is 129 Å². The lowest BCUT2D eigenvalue weighted by Gasteiger charge is -2.23. The first-order valence-corrected chi connectivity index (χ1v) is 13.1. The van der Waals surface area contributed by atoms with Gasteiger partial charge in [-0.15, -0.1) is 0 Å². The summed E-state index contributed by atoms with van der Waals surface area (Å²) in [7, 11) is 0. The van der Waals surface area contributed by atoms with E-state index in [0.29, 0.717) is 0 Å². The summed E-state index contributed by atoms with van der Waals surface area (Å²) in [6.45, 7) is 6.52. The van der Waals surface area contributed by atoms with Crippen molar-refractivity contribution in [1.82, 2.24) is 0 Å². The Morgan fingerprint density at radius 1 is 0.719 bits per heavy atom. The highest BCUT2D eigenvalue weighted by atomic mass is 16.4. The Morgan fingerprint density at radius 2 is 1.25 bits per heavy atom. The highest BCUT2D eigenvalue weighted by Crippen LogP contribution is 2.34. The van der Waals surface area contributed by atoms with Gasteiger partial charge in [0.15, 0.2) is 0 Å². The van der Waals surface area contributed by atoms with E-state index in [4.69, 9.17) is 0 Å². The Labute approximate surface area is 195 Å². The number of aryl methyl sites for hydroxylation is 1. The average Bonchev–Trinajstić information content (AvgIpc) is 2.77. The topological polar surface area (TPSA) is 74.6 Å². The van der Waals surface area contributed by atoms with E-state index in [1.54, 1.807) is 0 Å². The van der Waals surface area contributed by atoms with E-state index in [0.717, 1.165) is 56.1 Å². The van der Waals surface area contributed by atoms with Gasteiger partial charge in [-0.2, -0.15) is 0 Å². The van der Waals surface area contributed by atoms with E-state index in [-0.39, 0.29) is 17.0 Å². The minimum Gasteiger partial charge on any atom is -0.478 e. The molecule has 0 aliphatic heterocycles. The van der Waals surface area contributed by atoms with Crippen LogP contribution in [-0.2, 0) is 6.42 Å². The van der Waals surface area contributed by atoms with Crippen molar-refractivity contribution >= 4 is 11.9 Å². The van der Waals surface area contributed by atoms with Crippen molar-refractivity contribution in [3.63, 3.8) is 0 Å². The highest BCUT2D eigenvalue weighted by Gasteiger charge is 2.26. The Balaban J connectivity index is 2.96. The molecule has 4 heteroatoms. The fraction of sp³-hybridized carbons (Fsp3) is 0.714. The molecule has 0 aromatic heterocycles. The zero-order valence-corrected chi connectivity index (χ0v) is 20.8. The van der Waals surface area contributed by atoms with E-state index in [1.165, 1.54) is 63.9 Å². The Morgan fingerprint density at radius 3 is 1.75 bits per heavy atom. The SMILES string of the molecule is CCCCCCCCCCc1ccc(C(=O)O)c(C(=O)O)c1C(CC)CCCCCCC. The second-order valence-electron chi connectivity index (χ2n) is 9.20. The molecule has 2 N–H and O–H groups in total. The number of hydrogen-bond acceptors (Lipinski definition) is 2. The molecule has 1 unspecified atom stereocenters. The maximum absolute atomic E-state index is 12.2. The predicted molar refractivity (Wildman–Crippen MR) is 133 cm³/mol. The fourth-order valence-corrected chi connectivity index (χ4v) is 4.75. The summed E-state index contributed by atoms with van der Waals surface area (Å²) < 4.78 is 0. The van der Waals surface area contributed by atoms with Crippen molar-refractivity contribution in [3.05, 3.63) is 34.4 Å². The van der Waals surface area contributed by atoms with Crippen LogP contribution in [0.25, 0.3) is 0 Å². The fourth-order valence-electron chi connectivity index (χ4n) is 4.75. The third kappa shape index (κ3) is 9.75. The Hall–Kier alpha value is -1.84. The van der Waals surface area contributed by atoms with E-state index < -0.39 is 11.9 Å². The molecule has 0 aliphatic rings. The molecular weight excluding hydrogens is 400 g/mol. The summed E-state index contributed by atoms with van der Waals surface area (Å²) >= 11 is 0. The number of aromatic carboxylic acids is 2. The maximum Gasteiger partial charge on any atom is 0.336 e. The molecule has 1 aromatic rings. The molecule has 0 radical (unpaired) electrons. The van der Waals surface area contributed by atoms with E-state index >= 15 is 0 Å². The monoisotopic (exact) mass is 446 g/mol. The number of hydrogen-bond donors (Lipinski definition) is 2. The second-order valence-corrected chi connectivity index (χ2v) is 9.20. The lowest BCUT2D eigenvalue weighted by molar-refractivity contribution is 0.0649. The molecule has 0 spiro atoms. The molecule has 1 aromatic carbocycles. The molecule has 4 nitrogen and oxygen atoms in total. The van der Waals surface area contributed by atoms with E-state index in [9.17, 15) is 19.8 Å². The van der Waals surface area contributed by atoms with Gasteiger partial charge in [0.25, 0.3) is 0 Å². The minimum absolute atomic E-state index is 0.0231. The number of carbonyl (C=O) groups is 2. The van der Waals surface area contributed by atoms with E-state index in [2.05, 4.69) is 20.8 Å². The van der Waals surface area contributed by atoms with Gasteiger partial charge in [-0.25, -0.2) is 9.59 Å². The van der Waals surface area contributed by atoms with Gasteiger partial charge in [-0.1, -0.05) is 104 Å². The van der Waals surface area contributed by atoms with Crippen LogP contribution in [0.5, 0.6) is 0 Å².